The Hall–Kier alpha value is -1.39. The Balaban J connectivity index is 2.27. The summed E-state index contributed by atoms with van der Waals surface area (Å²) < 4.78 is 5.22. The van der Waals surface area contributed by atoms with Crippen LogP contribution in [-0.4, -0.2) is 11.0 Å². The summed E-state index contributed by atoms with van der Waals surface area (Å²) >= 11 is 0. The summed E-state index contributed by atoms with van der Waals surface area (Å²) in [6.45, 7) is 1.95. The number of hydrogen-bond donors (Lipinski definition) is 2. The molecular formula is C11H15N3O. The van der Waals surface area contributed by atoms with Crippen LogP contribution in [0.2, 0.25) is 0 Å². The minimum absolute atomic E-state index is 0.0421. The Bertz CT molecular complexity index is 450. The first kappa shape index (κ1) is 10.1. The van der Waals surface area contributed by atoms with Crippen molar-refractivity contribution in [3.05, 3.63) is 30.2 Å². The molecule has 0 radical (unpaired) electrons. The molecule has 4 heteroatoms. The lowest BCUT2D eigenvalue weighted by molar-refractivity contribution is 0.565. The van der Waals surface area contributed by atoms with Crippen LogP contribution in [0.1, 0.15) is 24.9 Å². The molecule has 0 aliphatic carbocycles. The summed E-state index contributed by atoms with van der Waals surface area (Å²) in [7, 11) is 0. The highest BCUT2D eigenvalue weighted by molar-refractivity contribution is 5.72. The highest BCUT2D eigenvalue weighted by Crippen LogP contribution is 2.20. The minimum atomic E-state index is -0.0421. The quantitative estimate of drug-likeness (QED) is 0.797. The third kappa shape index (κ3) is 2.16. The molecule has 0 bridgehead atoms. The molecule has 0 aliphatic rings. The first-order valence-electron chi connectivity index (χ1n) is 5.01. The van der Waals surface area contributed by atoms with Gasteiger partial charge in [0.15, 0.2) is 12.0 Å². The number of fused-ring (bicyclic) bond motifs is 1. The third-order valence-corrected chi connectivity index (χ3v) is 2.41. The van der Waals surface area contributed by atoms with Crippen molar-refractivity contribution in [1.29, 1.82) is 0 Å². The van der Waals surface area contributed by atoms with E-state index in [1.807, 2.05) is 25.1 Å². The SMILES string of the molecule is CC(N)CC(N)c1ccc2ncoc2c1. The van der Waals surface area contributed by atoms with Gasteiger partial charge in [-0.15, -0.1) is 0 Å². The molecule has 0 saturated carbocycles. The minimum Gasteiger partial charge on any atom is -0.443 e. The van der Waals surface area contributed by atoms with Crippen LogP contribution < -0.4 is 11.5 Å². The Labute approximate surface area is 88.3 Å². The van der Waals surface area contributed by atoms with Crippen molar-refractivity contribution in [3.63, 3.8) is 0 Å². The molecule has 0 aliphatic heterocycles. The molecule has 4 nitrogen and oxygen atoms in total. The van der Waals surface area contributed by atoms with Gasteiger partial charge in [-0.3, -0.25) is 0 Å². The third-order valence-electron chi connectivity index (χ3n) is 2.41. The van der Waals surface area contributed by atoms with Gasteiger partial charge in [-0.25, -0.2) is 4.98 Å². The van der Waals surface area contributed by atoms with E-state index in [0.29, 0.717) is 0 Å². The normalized spacial score (nSPS) is 15.4. The van der Waals surface area contributed by atoms with Crippen molar-refractivity contribution in [2.24, 2.45) is 11.5 Å². The van der Waals surface area contributed by atoms with E-state index in [1.165, 1.54) is 6.39 Å². The summed E-state index contributed by atoms with van der Waals surface area (Å²) in [6, 6.07) is 5.87. The van der Waals surface area contributed by atoms with E-state index in [0.717, 1.165) is 23.1 Å². The van der Waals surface area contributed by atoms with E-state index in [2.05, 4.69) is 4.98 Å². The highest BCUT2D eigenvalue weighted by Gasteiger charge is 2.10. The maximum absolute atomic E-state index is 6.01. The molecule has 2 unspecified atom stereocenters. The zero-order valence-corrected chi connectivity index (χ0v) is 8.68. The molecule has 0 amide bonds. The van der Waals surface area contributed by atoms with Crippen LogP contribution in [-0.2, 0) is 0 Å². The molecule has 15 heavy (non-hydrogen) atoms. The molecule has 0 saturated heterocycles. The molecule has 0 spiro atoms. The topological polar surface area (TPSA) is 78.1 Å². The zero-order valence-electron chi connectivity index (χ0n) is 8.68. The predicted octanol–water partition coefficient (Wildman–Crippen LogP) is 1.56. The van der Waals surface area contributed by atoms with Crippen molar-refractivity contribution in [2.75, 3.05) is 0 Å². The van der Waals surface area contributed by atoms with Crippen molar-refractivity contribution < 1.29 is 4.42 Å². The van der Waals surface area contributed by atoms with Gasteiger partial charge >= 0.3 is 0 Å². The fourth-order valence-electron chi connectivity index (χ4n) is 1.64. The summed E-state index contributed by atoms with van der Waals surface area (Å²) in [5.41, 5.74) is 14.4. The molecule has 1 aromatic carbocycles. The van der Waals surface area contributed by atoms with Crippen LogP contribution in [0.5, 0.6) is 0 Å². The molecule has 80 valence electrons. The maximum Gasteiger partial charge on any atom is 0.181 e. The maximum atomic E-state index is 6.01. The number of oxazole rings is 1. The Kier molecular flexibility index (Phi) is 2.70. The van der Waals surface area contributed by atoms with E-state index in [1.54, 1.807) is 0 Å². The van der Waals surface area contributed by atoms with Crippen LogP contribution in [0.4, 0.5) is 0 Å². The number of aromatic nitrogens is 1. The first-order valence-corrected chi connectivity index (χ1v) is 5.01. The number of rotatable bonds is 3. The van der Waals surface area contributed by atoms with E-state index >= 15 is 0 Å². The number of nitrogens with two attached hydrogens (primary N) is 2. The van der Waals surface area contributed by atoms with Gasteiger partial charge in [-0.05, 0) is 31.0 Å². The van der Waals surface area contributed by atoms with Crippen LogP contribution in [0.15, 0.2) is 29.0 Å². The van der Waals surface area contributed by atoms with Gasteiger partial charge in [0.05, 0.1) is 0 Å². The molecule has 1 aromatic heterocycles. The lowest BCUT2D eigenvalue weighted by Gasteiger charge is -2.13. The van der Waals surface area contributed by atoms with E-state index < -0.39 is 0 Å². The lowest BCUT2D eigenvalue weighted by Crippen LogP contribution is -2.23. The van der Waals surface area contributed by atoms with Gasteiger partial charge in [0.2, 0.25) is 0 Å². The molecule has 1 heterocycles. The number of nitrogens with zero attached hydrogens (tertiary/aromatic N) is 1. The first-order chi connectivity index (χ1) is 7.16. The predicted molar refractivity (Wildman–Crippen MR) is 59.2 cm³/mol. The molecule has 2 atom stereocenters. The van der Waals surface area contributed by atoms with Crippen molar-refractivity contribution in [3.8, 4) is 0 Å². The van der Waals surface area contributed by atoms with Crippen molar-refractivity contribution >= 4 is 11.1 Å². The fourth-order valence-corrected chi connectivity index (χ4v) is 1.64. The van der Waals surface area contributed by atoms with E-state index in [9.17, 15) is 0 Å². The van der Waals surface area contributed by atoms with Crippen molar-refractivity contribution in [1.82, 2.24) is 4.98 Å². The average Bonchev–Trinajstić information content (AvgIpc) is 2.62. The summed E-state index contributed by atoms with van der Waals surface area (Å²) in [5.74, 6) is 0. The summed E-state index contributed by atoms with van der Waals surface area (Å²) in [4.78, 5) is 4.05. The van der Waals surface area contributed by atoms with Crippen LogP contribution in [0.3, 0.4) is 0 Å². The Morgan fingerprint density at radius 3 is 2.93 bits per heavy atom. The van der Waals surface area contributed by atoms with Gasteiger partial charge in [0.1, 0.15) is 5.52 Å². The standard InChI is InChI=1S/C11H15N3O/c1-7(12)4-9(13)8-2-3-10-11(5-8)15-6-14-10/h2-3,5-7,9H,4,12-13H2,1H3. The van der Waals surface area contributed by atoms with E-state index in [-0.39, 0.29) is 12.1 Å². The molecule has 2 rings (SSSR count). The second kappa shape index (κ2) is 4.00. The van der Waals surface area contributed by atoms with Gasteiger partial charge < -0.3 is 15.9 Å². The van der Waals surface area contributed by atoms with Gasteiger partial charge in [-0.2, -0.15) is 0 Å². The zero-order chi connectivity index (χ0) is 10.8. The average molecular weight is 205 g/mol. The monoisotopic (exact) mass is 205 g/mol. The molecular weight excluding hydrogens is 190 g/mol. The van der Waals surface area contributed by atoms with E-state index in [4.69, 9.17) is 15.9 Å². The van der Waals surface area contributed by atoms with Gasteiger partial charge in [-0.1, -0.05) is 6.07 Å². The highest BCUT2D eigenvalue weighted by atomic mass is 16.3. The largest absolute Gasteiger partial charge is 0.443 e. The summed E-state index contributed by atoms with van der Waals surface area (Å²) in [6.07, 6.45) is 2.20. The van der Waals surface area contributed by atoms with Crippen LogP contribution >= 0.6 is 0 Å². The molecule has 2 aromatic rings. The smallest absolute Gasteiger partial charge is 0.181 e. The van der Waals surface area contributed by atoms with Crippen LogP contribution in [0, 0.1) is 0 Å². The van der Waals surface area contributed by atoms with Gasteiger partial charge in [0.25, 0.3) is 0 Å². The molecule has 0 fully saturated rings. The van der Waals surface area contributed by atoms with Gasteiger partial charge in [0, 0.05) is 12.1 Å². The number of hydrogen-bond acceptors (Lipinski definition) is 4. The van der Waals surface area contributed by atoms with Crippen molar-refractivity contribution in [2.45, 2.75) is 25.4 Å². The Morgan fingerprint density at radius 2 is 2.20 bits per heavy atom. The second-order valence-electron chi connectivity index (χ2n) is 3.90. The Morgan fingerprint density at radius 1 is 1.40 bits per heavy atom. The number of benzene rings is 1. The van der Waals surface area contributed by atoms with Crippen LogP contribution in [0.25, 0.3) is 11.1 Å². The fraction of sp³-hybridized carbons (Fsp3) is 0.364. The lowest BCUT2D eigenvalue weighted by atomic mass is 10.0. The summed E-state index contributed by atoms with van der Waals surface area (Å²) in [5, 5.41) is 0. The second-order valence-corrected chi connectivity index (χ2v) is 3.90. The molecule has 4 N–H and O–H groups in total.